The van der Waals surface area contributed by atoms with Crippen molar-refractivity contribution >= 4 is 6.08 Å². The van der Waals surface area contributed by atoms with Crippen LogP contribution in [0.4, 0.5) is 4.39 Å². The quantitative estimate of drug-likeness (QED) is 0.806. The summed E-state index contributed by atoms with van der Waals surface area (Å²) in [5.74, 6) is 0.0754. The minimum Gasteiger partial charge on any atom is -0.454 e. The molecule has 0 N–H and O–H groups in total. The molecule has 0 heterocycles. The van der Waals surface area contributed by atoms with E-state index in [1.54, 1.807) is 18.2 Å². The molecule has 0 aliphatic rings. The predicted octanol–water partition coefficient (Wildman–Crippen LogP) is 4.13. The van der Waals surface area contributed by atoms with Gasteiger partial charge in [0, 0.05) is 0 Å². The van der Waals surface area contributed by atoms with Gasteiger partial charge in [-0.2, -0.15) is 5.26 Å². The Kier molecular flexibility index (Phi) is 3.40. The summed E-state index contributed by atoms with van der Waals surface area (Å²) in [4.78, 5) is 0. The summed E-state index contributed by atoms with van der Waals surface area (Å²) in [6.45, 7) is 3.65. The number of benzene rings is 2. The second-order valence-corrected chi connectivity index (χ2v) is 3.63. The Labute approximate surface area is 105 Å². The fourth-order valence-corrected chi connectivity index (χ4v) is 1.45. The molecule has 0 fully saturated rings. The van der Waals surface area contributed by atoms with Gasteiger partial charge in [-0.3, -0.25) is 0 Å². The van der Waals surface area contributed by atoms with Gasteiger partial charge >= 0.3 is 0 Å². The number of rotatable bonds is 3. The zero-order valence-corrected chi connectivity index (χ0v) is 9.56. The van der Waals surface area contributed by atoms with Crippen molar-refractivity contribution in [3.8, 4) is 17.6 Å². The van der Waals surface area contributed by atoms with Crippen LogP contribution in [0.25, 0.3) is 6.08 Å². The third-order valence-corrected chi connectivity index (χ3v) is 2.40. The molecular weight excluding hydrogens is 229 g/mol. The van der Waals surface area contributed by atoms with Crippen LogP contribution in [0.15, 0.2) is 49.0 Å². The molecule has 0 aliphatic carbocycles. The first-order valence-corrected chi connectivity index (χ1v) is 5.33. The number of halogens is 1. The maximum Gasteiger partial charge on any atom is 0.167 e. The highest BCUT2D eigenvalue weighted by atomic mass is 19.1. The molecule has 0 amide bonds. The lowest BCUT2D eigenvalue weighted by Gasteiger charge is -2.07. The molecule has 2 nitrogen and oxygen atoms in total. The molecule has 0 bridgehead atoms. The molecule has 2 aromatic carbocycles. The Balaban J connectivity index is 2.23. The first-order chi connectivity index (χ1) is 8.72. The maximum atomic E-state index is 13.6. The summed E-state index contributed by atoms with van der Waals surface area (Å²) >= 11 is 0. The van der Waals surface area contributed by atoms with E-state index in [1.165, 1.54) is 12.1 Å². The van der Waals surface area contributed by atoms with E-state index in [-0.39, 0.29) is 11.3 Å². The van der Waals surface area contributed by atoms with Crippen molar-refractivity contribution in [3.63, 3.8) is 0 Å². The normalized spacial score (nSPS) is 9.56. The minimum atomic E-state index is -0.554. The van der Waals surface area contributed by atoms with E-state index in [1.807, 2.05) is 18.2 Å². The fourth-order valence-electron chi connectivity index (χ4n) is 1.45. The minimum absolute atomic E-state index is 0.0975. The second kappa shape index (κ2) is 5.15. The van der Waals surface area contributed by atoms with Crippen LogP contribution in [0.3, 0.4) is 0 Å². The van der Waals surface area contributed by atoms with Crippen LogP contribution < -0.4 is 4.74 Å². The Morgan fingerprint density at radius 1 is 1.17 bits per heavy atom. The molecule has 0 aliphatic heterocycles. The summed E-state index contributed by atoms with van der Waals surface area (Å²) in [5, 5.41) is 8.63. The number of nitriles is 1. The number of nitrogens with zero attached hydrogens (tertiary/aromatic N) is 1. The Hall–Kier alpha value is -2.60. The Bertz CT molecular complexity index is 611. The van der Waals surface area contributed by atoms with Gasteiger partial charge in [-0.15, -0.1) is 0 Å². The van der Waals surface area contributed by atoms with Crippen molar-refractivity contribution < 1.29 is 9.13 Å². The standard InChI is InChI=1S/C15H10FNO/c1-2-11-3-6-13(7-4-11)18-15-8-5-12(10-17)9-14(15)16/h2-9H,1H2. The monoisotopic (exact) mass is 239 g/mol. The topological polar surface area (TPSA) is 33.0 Å². The predicted molar refractivity (Wildman–Crippen MR) is 67.7 cm³/mol. The maximum absolute atomic E-state index is 13.6. The highest BCUT2D eigenvalue weighted by Gasteiger charge is 2.05. The molecule has 0 radical (unpaired) electrons. The highest BCUT2D eigenvalue weighted by molar-refractivity contribution is 5.49. The van der Waals surface area contributed by atoms with E-state index in [2.05, 4.69) is 6.58 Å². The average molecular weight is 239 g/mol. The Morgan fingerprint density at radius 3 is 2.44 bits per heavy atom. The van der Waals surface area contributed by atoms with Crippen molar-refractivity contribution in [1.29, 1.82) is 5.26 Å². The summed E-state index contributed by atoms with van der Waals surface area (Å²) < 4.78 is 19.0. The molecule has 18 heavy (non-hydrogen) atoms. The lowest BCUT2D eigenvalue weighted by Crippen LogP contribution is -1.89. The smallest absolute Gasteiger partial charge is 0.167 e. The first-order valence-electron chi connectivity index (χ1n) is 5.33. The Morgan fingerprint density at radius 2 is 1.89 bits per heavy atom. The molecule has 0 spiro atoms. The van der Waals surface area contributed by atoms with E-state index < -0.39 is 5.82 Å². The van der Waals surface area contributed by atoms with Gasteiger partial charge in [0.15, 0.2) is 11.6 Å². The van der Waals surface area contributed by atoms with E-state index in [4.69, 9.17) is 10.00 Å². The zero-order chi connectivity index (χ0) is 13.0. The van der Waals surface area contributed by atoms with Crippen LogP contribution in [-0.2, 0) is 0 Å². The lowest BCUT2D eigenvalue weighted by molar-refractivity contribution is 0.442. The van der Waals surface area contributed by atoms with Gasteiger partial charge in [0.05, 0.1) is 11.6 Å². The molecule has 2 aromatic rings. The molecule has 2 rings (SSSR count). The van der Waals surface area contributed by atoms with Gasteiger partial charge in [-0.1, -0.05) is 24.8 Å². The molecule has 0 saturated heterocycles. The van der Waals surface area contributed by atoms with Gasteiger partial charge in [0.1, 0.15) is 5.75 Å². The van der Waals surface area contributed by atoms with Crippen LogP contribution in [0.1, 0.15) is 11.1 Å². The second-order valence-electron chi connectivity index (χ2n) is 3.63. The van der Waals surface area contributed by atoms with Crippen LogP contribution in [0.2, 0.25) is 0 Å². The van der Waals surface area contributed by atoms with Crippen LogP contribution >= 0.6 is 0 Å². The molecule has 0 unspecified atom stereocenters. The van der Waals surface area contributed by atoms with Gasteiger partial charge in [-0.25, -0.2) is 4.39 Å². The fraction of sp³-hybridized carbons (Fsp3) is 0. The number of hydrogen-bond donors (Lipinski definition) is 0. The van der Waals surface area contributed by atoms with Crippen molar-refractivity contribution in [2.75, 3.05) is 0 Å². The summed E-state index contributed by atoms with van der Waals surface area (Å²) in [5.41, 5.74) is 1.23. The van der Waals surface area contributed by atoms with Crippen LogP contribution in [0.5, 0.6) is 11.5 Å². The number of hydrogen-bond acceptors (Lipinski definition) is 2. The third kappa shape index (κ3) is 2.55. The van der Waals surface area contributed by atoms with Crippen LogP contribution in [-0.4, -0.2) is 0 Å². The molecule has 0 atom stereocenters. The van der Waals surface area contributed by atoms with E-state index in [9.17, 15) is 4.39 Å². The molecule has 0 saturated carbocycles. The SMILES string of the molecule is C=Cc1ccc(Oc2ccc(C#N)cc2F)cc1. The van der Waals surface area contributed by atoms with E-state index >= 15 is 0 Å². The third-order valence-electron chi connectivity index (χ3n) is 2.40. The van der Waals surface area contributed by atoms with E-state index in [0.29, 0.717) is 5.75 Å². The lowest BCUT2D eigenvalue weighted by atomic mass is 10.2. The number of ether oxygens (including phenoxy) is 1. The van der Waals surface area contributed by atoms with Crippen molar-refractivity contribution in [3.05, 3.63) is 66.0 Å². The van der Waals surface area contributed by atoms with Crippen LogP contribution in [0, 0.1) is 17.1 Å². The summed E-state index contributed by atoms with van der Waals surface area (Å²) in [7, 11) is 0. The van der Waals surface area contributed by atoms with Gasteiger partial charge < -0.3 is 4.74 Å². The van der Waals surface area contributed by atoms with E-state index in [0.717, 1.165) is 11.6 Å². The van der Waals surface area contributed by atoms with Crippen molar-refractivity contribution in [1.82, 2.24) is 0 Å². The molecule has 0 aromatic heterocycles. The molecule has 88 valence electrons. The van der Waals surface area contributed by atoms with Gasteiger partial charge in [-0.05, 0) is 35.9 Å². The summed E-state index contributed by atoms with van der Waals surface area (Å²) in [6, 6.07) is 13.1. The summed E-state index contributed by atoms with van der Waals surface area (Å²) in [6.07, 6.45) is 1.71. The largest absolute Gasteiger partial charge is 0.454 e. The molecule has 3 heteroatoms. The molecular formula is C15H10FNO. The van der Waals surface area contributed by atoms with Crippen molar-refractivity contribution in [2.24, 2.45) is 0 Å². The zero-order valence-electron chi connectivity index (χ0n) is 9.56. The van der Waals surface area contributed by atoms with Gasteiger partial charge in [0.2, 0.25) is 0 Å². The first kappa shape index (κ1) is 11.9. The average Bonchev–Trinajstić information content (AvgIpc) is 2.42. The van der Waals surface area contributed by atoms with Gasteiger partial charge in [0.25, 0.3) is 0 Å². The van der Waals surface area contributed by atoms with Crippen molar-refractivity contribution in [2.45, 2.75) is 0 Å². The highest BCUT2D eigenvalue weighted by Crippen LogP contribution is 2.25.